The van der Waals surface area contributed by atoms with E-state index in [0.29, 0.717) is 37.2 Å². The molecule has 0 amide bonds. The van der Waals surface area contributed by atoms with E-state index in [1.807, 2.05) is 18.7 Å². The maximum Gasteiger partial charge on any atom is 0.211 e. The fourth-order valence-corrected chi connectivity index (χ4v) is 3.10. The topological polar surface area (TPSA) is 66.4 Å². The maximum atomic E-state index is 11.5. The first-order valence-corrected chi connectivity index (χ1v) is 8.74. The van der Waals surface area contributed by atoms with E-state index in [4.69, 9.17) is 11.6 Å². The van der Waals surface area contributed by atoms with Crippen molar-refractivity contribution in [3.63, 3.8) is 0 Å². The van der Waals surface area contributed by atoms with Gasteiger partial charge in [-0.1, -0.05) is 25.4 Å². The van der Waals surface area contributed by atoms with Gasteiger partial charge in [0.1, 0.15) is 16.8 Å². The van der Waals surface area contributed by atoms with Crippen LogP contribution in [0.15, 0.2) is 6.07 Å². The van der Waals surface area contributed by atoms with Crippen LogP contribution in [0.25, 0.3) is 0 Å². The summed E-state index contributed by atoms with van der Waals surface area (Å²) in [5.41, 5.74) is 0. The highest BCUT2D eigenvalue weighted by Gasteiger charge is 2.24. The second-order valence-corrected chi connectivity index (χ2v) is 7.58. The Morgan fingerprint density at radius 1 is 1.20 bits per heavy atom. The Morgan fingerprint density at radius 2 is 1.80 bits per heavy atom. The number of hydrogen-bond acceptors (Lipinski definition) is 5. The third kappa shape index (κ3) is 3.59. The van der Waals surface area contributed by atoms with Crippen LogP contribution in [0.2, 0.25) is 5.15 Å². The van der Waals surface area contributed by atoms with Crippen LogP contribution in [0.3, 0.4) is 0 Å². The first kappa shape index (κ1) is 15.5. The van der Waals surface area contributed by atoms with Crippen LogP contribution in [0, 0.1) is 0 Å². The third-order valence-electron chi connectivity index (χ3n) is 3.25. The van der Waals surface area contributed by atoms with Crippen molar-refractivity contribution in [2.75, 3.05) is 37.3 Å². The molecule has 0 N–H and O–H groups in total. The van der Waals surface area contributed by atoms with Crippen molar-refractivity contribution in [1.29, 1.82) is 0 Å². The summed E-state index contributed by atoms with van der Waals surface area (Å²) in [7, 11) is -3.11. The van der Waals surface area contributed by atoms with Crippen molar-refractivity contribution >= 4 is 27.4 Å². The number of sulfonamides is 1. The summed E-state index contributed by atoms with van der Waals surface area (Å²) >= 11 is 6.03. The van der Waals surface area contributed by atoms with E-state index in [0.717, 1.165) is 5.82 Å². The van der Waals surface area contributed by atoms with Crippen LogP contribution in [0.4, 0.5) is 5.82 Å². The summed E-state index contributed by atoms with van der Waals surface area (Å²) in [6, 6.07) is 1.73. The minimum Gasteiger partial charge on any atom is -0.354 e. The first-order chi connectivity index (χ1) is 9.27. The molecule has 1 aromatic heterocycles. The third-order valence-corrected chi connectivity index (χ3v) is 4.74. The smallest absolute Gasteiger partial charge is 0.211 e. The molecule has 0 radical (unpaired) electrons. The molecule has 0 unspecified atom stereocenters. The molecule has 0 spiro atoms. The summed E-state index contributed by atoms with van der Waals surface area (Å²) in [5.74, 6) is 1.67. The Kier molecular flexibility index (Phi) is 4.51. The van der Waals surface area contributed by atoms with Gasteiger partial charge in [0, 0.05) is 38.2 Å². The number of rotatable bonds is 3. The van der Waals surface area contributed by atoms with Crippen molar-refractivity contribution in [3.8, 4) is 0 Å². The summed E-state index contributed by atoms with van der Waals surface area (Å²) < 4.78 is 24.5. The van der Waals surface area contributed by atoms with Crippen LogP contribution >= 0.6 is 11.6 Å². The van der Waals surface area contributed by atoms with E-state index in [-0.39, 0.29) is 5.92 Å². The predicted molar refractivity (Wildman–Crippen MR) is 79.8 cm³/mol. The molecular formula is C12H19ClN4O2S. The van der Waals surface area contributed by atoms with Gasteiger partial charge in [-0.05, 0) is 0 Å². The van der Waals surface area contributed by atoms with Gasteiger partial charge in [-0.3, -0.25) is 0 Å². The molecular weight excluding hydrogens is 300 g/mol. The molecule has 0 aliphatic carbocycles. The van der Waals surface area contributed by atoms with Gasteiger partial charge < -0.3 is 4.90 Å². The van der Waals surface area contributed by atoms with Gasteiger partial charge in [-0.25, -0.2) is 18.4 Å². The normalized spacial score (nSPS) is 17.8. The maximum absolute atomic E-state index is 11.5. The van der Waals surface area contributed by atoms with Crippen molar-refractivity contribution in [2.45, 2.75) is 19.8 Å². The highest BCUT2D eigenvalue weighted by atomic mass is 35.5. The van der Waals surface area contributed by atoms with Crippen LogP contribution in [-0.4, -0.2) is 55.1 Å². The lowest BCUT2D eigenvalue weighted by Gasteiger charge is -2.34. The van der Waals surface area contributed by atoms with Crippen LogP contribution in [-0.2, 0) is 10.0 Å². The first-order valence-electron chi connectivity index (χ1n) is 6.52. The molecule has 112 valence electrons. The lowest BCUT2D eigenvalue weighted by molar-refractivity contribution is 0.386. The van der Waals surface area contributed by atoms with Gasteiger partial charge in [0.25, 0.3) is 0 Å². The van der Waals surface area contributed by atoms with E-state index in [9.17, 15) is 8.42 Å². The molecule has 1 fully saturated rings. The number of hydrogen-bond donors (Lipinski definition) is 0. The molecule has 2 rings (SSSR count). The Hall–Kier alpha value is -0.920. The van der Waals surface area contributed by atoms with Gasteiger partial charge in [0.15, 0.2) is 0 Å². The molecule has 2 heterocycles. The summed E-state index contributed by atoms with van der Waals surface area (Å²) in [5, 5.41) is 0.421. The largest absolute Gasteiger partial charge is 0.354 e. The van der Waals surface area contributed by atoms with Crippen molar-refractivity contribution in [2.24, 2.45) is 0 Å². The molecule has 1 saturated heterocycles. The van der Waals surface area contributed by atoms with Crippen molar-refractivity contribution in [1.82, 2.24) is 14.3 Å². The molecule has 20 heavy (non-hydrogen) atoms. The van der Waals surface area contributed by atoms with Gasteiger partial charge >= 0.3 is 0 Å². The molecule has 0 saturated carbocycles. The highest BCUT2D eigenvalue weighted by molar-refractivity contribution is 7.88. The zero-order valence-electron chi connectivity index (χ0n) is 11.9. The highest BCUT2D eigenvalue weighted by Crippen LogP contribution is 2.21. The standard InChI is InChI=1S/C12H19ClN4O2S/c1-9(2)12-14-10(13)8-11(15-12)16-4-6-17(7-5-16)20(3,18)19/h8-9H,4-7H2,1-3H3. The van der Waals surface area contributed by atoms with E-state index in [2.05, 4.69) is 9.97 Å². The van der Waals surface area contributed by atoms with Gasteiger partial charge in [0.2, 0.25) is 10.0 Å². The van der Waals surface area contributed by atoms with Crippen LogP contribution in [0.1, 0.15) is 25.6 Å². The molecule has 1 aliphatic rings. The summed E-state index contributed by atoms with van der Waals surface area (Å²) in [6.07, 6.45) is 1.24. The minimum atomic E-state index is -3.11. The van der Waals surface area contributed by atoms with Crippen molar-refractivity contribution < 1.29 is 8.42 Å². The second-order valence-electron chi connectivity index (χ2n) is 5.21. The Bertz CT molecular complexity index is 583. The number of anilines is 1. The van der Waals surface area contributed by atoms with E-state index >= 15 is 0 Å². The monoisotopic (exact) mass is 318 g/mol. The summed E-state index contributed by atoms with van der Waals surface area (Å²) in [4.78, 5) is 10.8. The van der Waals surface area contributed by atoms with Gasteiger partial charge in [-0.2, -0.15) is 4.31 Å². The average Bonchev–Trinajstić information content (AvgIpc) is 2.37. The number of piperazine rings is 1. The lowest BCUT2D eigenvalue weighted by atomic mass is 10.2. The quantitative estimate of drug-likeness (QED) is 0.787. The molecule has 8 heteroatoms. The van der Waals surface area contributed by atoms with Gasteiger partial charge in [0.05, 0.1) is 6.26 Å². The Labute approximate surface area is 124 Å². The lowest BCUT2D eigenvalue weighted by Crippen LogP contribution is -2.48. The zero-order chi connectivity index (χ0) is 14.9. The predicted octanol–water partition coefficient (Wildman–Crippen LogP) is 1.33. The molecule has 6 nitrogen and oxygen atoms in total. The molecule has 1 aliphatic heterocycles. The van der Waals surface area contributed by atoms with E-state index in [1.165, 1.54) is 10.6 Å². The van der Waals surface area contributed by atoms with E-state index in [1.54, 1.807) is 6.07 Å². The fourth-order valence-electron chi connectivity index (χ4n) is 2.09. The fraction of sp³-hybridized carbons (Fsp3) is 0.667. The average molecular weight is 319 g/mol. The summed E-state index contributed by atoms with van der Waals surface area (Å²) in [6.45, 7) is 6.18. The van der Waals surface area contributed by atoms with Crippen molar-refractivity contribution in [3.05, 3.63) is 17.0 Å². The molecule has 1 aromatic rings. The van der Waals surface area contributed by atoms with Crippen LogP contribution in [0.5, 0.6) is 0 Å². The van der Waals surface area contributed by atoms with E-state index < -0.39 is 10.0 Å². The Morgan fingerprint density at radius 3 is 2.30 bits per heavy atom. The Balaban J connectivity index is 2.15. The van der Waals surface area contributed by atoms with Gasteiger partial charge in [-0.15, -0.1) is 0 Å². The second kappa shape index (κ2) is 5.83. The number of aromatic nitrogens is 2. The molecule has 0 atom stereocenters. The number of halogens is 1. The number of nitrogens with zero attached hydrogens (tertiary/aromatic N) is 4. The minimum absolute atomic E-state index is 0.199. The zero-order valence-corrected chi connectivity index (χ0v) is 13.4. The SMILES string of the molecule is CC(C)c1nc(Cl)cc(N2CCN(S(C)(=O)=O)CC2)n1. The molecule has 0 bridgehead atoms. The van der Waals surface area contributed by atoms with Crippen LogP contribution < -0.4 is 4.90 Å². The molecule has 0 aromatic carbocycles.